The number of nitrogens with one attached hydrogen (secondary N) is 2. The summed E-state index contributed by atoms with van der Waals surface area (Å²) < 4.78 is 30.5. The van der Waals surface area contributed by atoms with Gasteiger partial charge in [0.1, 0.15) is 0 Å². The Bertz CT molecular complexity index is 255. The van der Waals surface area contributed by atoms with Crippen LogP contribution in [0.25, 0.3) is 0 Å². The molecule has 0 radical (unpaired) electrons. The molecular weight excluding hydrogens is 228 g/mol. The average molecular weight is 252 g/mol. The summed E-state index contributed by atoms with van der Waals surface area (Å²) in [5.74, 6) is 0.189. The van der Waals surface area contributed by atoms with Crippen molar-refractivity contribution in [3.63, 3.8) is 0 Å². The lowest BCUT2D eigenvalue weighted by atomic mass is 10.3. The van der Waals surface area contributed by atoms with Crippen molar-refractivity contribution in [1.82, 2.24) is 10.0 Å². The van der Waals surface area contributed by atoms with Crippen LogP contribution in [0.4, 0.5) is 0 Å². The van der Waals surface area contributed by atoms with E-state index in [1.165, 1.54) is 0 Å². The van der Waals surface area contributed by atoms with E-state index in [2.05, 4.69) is 10.0 Å². The van der Waals surface area contributed by atoms with E-state index >= 15 is 0 Å². The predicted molar refractivity (Wildman–Crippen MR) is 66.0 cm³/mol. The summed E-state index contributed by atoms with van der Waals surface area (Å²) in [6.07, 6.45) is 1.48. The minimum absolute atomic E-state index is 0.0865. The van der Waals surface area contributed by atoms with Gasteiger partial charge in [-0.05, 0) is 32.9 Å². The van der Waals surface area contributed by atoms with Crippen LogP contribution in [0.1, 0.15) is 26.7 Å². The molecule has 0 rings (SSSR count). The van der Waals surface area contributed by atoms with Gasteiger partial charge in [0, 0.05) is 13.7 Å². The van der Waals surface area contributed by atoms with E-state index in [1.807, 2.05) is 13.8 Å². The van der Waals surface area contributed by atoms with E-state index in [9.17, 15) is 8.42 Å². The molecular formula is C10H24N2O3S. The van der Waals surface area contributed by atoms with Gasteiger partial charge in [0.2, 0.25) is 10.0 Å². The van der Waals surface area contributed by atoms with Crippen molar-refractivity contribution in [3.8, 4) is 0 Å². The van der Waals surface area contributed by atoms with Crippen LogP contribution in [0.2, 0.25) is 0 Å². The second-order valence-electron chi connectivity index (χ2n) is 3.77. The van der Waals surface area contributed by atoms with Gasteiger partial charge in [-0.3, -0.25) is 0 Å². The SMILES string of the molecule is CCNCCCCS(=O)(=O)NCC(C)OC. The molecule has 6 heteroatoms. The summed E-state index contributed by atoms with van der Waals surface area (Å²) in [4.78, 5) is 0. The minimum Gasteiger partial charge on any atom is -0.380 e. The van der Waals surface area contributed by atoms with Crippen LogP contribution in [-0.4, -0.2) is 47.0 Å². The number of unbranched alkanes of at least 4 members (excludes halogenated alkanes) is 1. The number of sulfonamides is 1. The topological polar surface area (TPSA) is 67.4 Å². The number of rotatable bonds is 10. The molecule has 16 heavy (non-hydrogen) atoms. The first-order valence-electron chi connectivity index (χ1n) is 5.72. The van der Waals surface area contributed by atoms with Gasteiger partial charge in [0.25, 0.3) is 0 Å². The third kappa shape index (κ3) is 9.08. The molecule has 1 atom stereocenters. The molecule has 0 aliphatic carbocycles. The highest BCUT2D eigenvalue weighted by atomic mass is 32.2. The summed E-state index contributed by atoms with van der Waals surface area (Å²) in [5.41, 5.74) is 0. The lowest BCUT2D eigenvalue weighted by Gasteiger charge is -2.11. The molecule has 0 fully saturated rings. The van der Waals surface area contributed by atoms with Crippen LogP contribution in [0, 0.1) is 0 Å². The van der Waals surface area contributed by atoms with Crippen LogP contribution in [0.3, 0.4) is 0 Å². The normalized spacial score (nSPS) is 13.9. The highest BCUT2D eigenvalue weighted by molar-refractivity contribution is 7.89. The molecule has 2 N–H and O–H groups in total. The fraction of sp³-hybridized carbons (Fsp3) is 1.00. The van der Waals surface area contributed by atoms with E-state index in [1.54, 1.807) is 7.11 Å². The summed E-state index contributed by atoms with van der Waals surface area (Å²) in [6, 6.07) is 0. The fourth-order valence-electron chi connectivity index (χ4n) is 1.12. The Balaban J connectivity index is 3.63. The van der Waals surface area contributed by atoms with E-state index in [0.29, 0.717) is 13.0 Å². The van der Waals surface area contributed by atoms with E-state index in [-0.39, 0.29) is 11.9 Å². The highest BCUT2D eigenvalue weighted by Gasteiger charge is 2.10. The van der Waals surface area contributed by atoms with Crippen molar-refractivity contribution in [2.24, 2.45) is 0 Å². The van der Waals surface area contributed by atoms with E-state index in [4.69, 9.17) is 4.74 Å². The maximum atomic E-state index is 11.5. The number of hydrogen-bond acceptors (Lipinski definition) is 4. The molecule has 0 aromatic rings. The zero-order valence-electron chi connectivity index (χ0n) is 10.5. The molecule has 98 valence electrons. The Labute approximate surface area is 99.0 Å². The number of ether oxygens (including phenoxy) is 1. The Morgan fingerprint density at radius 2 is 2.00 bits per heavy atom. The third-order valence-corrected chi connectivity index (χ3v) is 3.69. The van der Waals surface area contributed by atoms with Gasteiger partial charge in [0.05, 0.1) is 11.9 Å². The molecule has 0 aromatic carbocycles. The summed E-state index contributed by atoms with van der Waals surface area (Å²) >= 11 is 0. The maximum absolute atomic E-state index is 11.5. The van der Waals surface area contributed by atoms with E-state index in [0.717, 1.165) is 19.5 Å². The number of methoxy groups -OCH3 is 1. The minimum atomic E-state index is -3.13. The van der Waals surface area contributed by atoms with Gasteiger partial charge in [-0.25, -0.2) is 13.1 Å². The van der Waals surface area contributed by atoms with Gasteiger partial charge >= 0.3 is 0 Å². The monoisotopic (exact) mass is 252 g/mol. The lowest BCUT2D eigenvalue weighted by molar-refractivity contribution is 0.122. The Kier molecular flexibility index (Phi) is 8.83. The largest absolute Gasteiger partial charge is 0.380 e. The molecule has 5 nitrogen and oxygen atoms in total. The summed E-state index contributed by atoms with van der Waals surface area (Å²) in [6.45, 7) is 6.00. The number of hydrogen-bond donors (Lipinski definition) is 2. The van der Waals surface area contributed by atoms with Gasteiger partial charge in [-0.1, -0.05) is 6.92 Å². The van der Waals surface area contributed by atoms with Gasteiger partial charge in [-0.2, -0.15) is 0 Å². The molecule has 0 heterocycles. The Hall–Kier alpha value is -0.170. The van der Waals surface area contributed by atoms with Gasteiger partial charge in [-0.15, -0.1) is 0 Å². The molecule has 0 aromatic heterocycles. The average Bonchev–Trinajstić information content (AvgIpc) is 2.25. The molecule has 0 aliphatic rings. The standard InChI is InChI=1S/C10H24N2O3S/c1-4-11-7-5-6-8-16(13,14)12-9-10(2)15-3/h10-12H,4-9H2,1-3H3. The Morgan fingerprint density at radius 1 is 1.31 bits per heavy atom. The molecule has 0 aliphatic heterocycles. The zero-order valence-corrected chi connectivity index (χ0v) is 11.3. The van der Waals surface area contributed by atoms with Crippen LogP contribution in [0.5, 0.6) is 0 Å². The summed E-state index contributed by atoms with van der Waals surface area (Å²) in [5, 5.41) is 3.16. The Morgan fingerprint density at radius 3 is 2.56 bits per heavy atom. The second-order valence-corrected chi connectivity index (χ2v) is 5.70. The lowest BCUT2D eigenvalue weighted by Crippen LogP contribution is -2.33. The van der Waals surface area contributed by atoms with Gasteiger partial charge < -0.3 is 10.1 Å². The first-order valence-corrected chi connectivity index (χ1v) is 7.38. The molecule has 0 amide bonds. The molecule has 0 saturated carbocycles. The highest BCUT2D eigenvalue weighted by Crippen LogP contribution is 1.95. The van der Waals surface area contributed by atoms with Crippen molar-refractivity contribution in [3.05, 3.63) is 0 Å². The third-order valence-electron chi connectivity index (χ3n) is 2.26. The quantitative estimate of drug-likeness (QED) is 0.550. The summed E-state index contributed by atoms with van der Waals surface area (Å²) in [7, 11) is -1.57. The first-order chi connectivity index (χ1) is 7.52. The first kappa shape index (κ1) is 15.8. The second kappa shape index (κ2) is 8.92. The molecule has 0 saturated heterocycles. The molecule has 0 bridgehead atoms. The van der Waals surface area contributed by atoms with E-state index < -0.39 is 10.0 Å². The molecule has 1 unspecified atom stereocenters. The zero-order chi connectivity index (χ0) is 12.4. The van der Waals surface area contributed by atoms with Crippen LogP contribution < -0.4 is 10.0 Å². The van der Waals surface area contributed by atoms with Crippen molar-refractivity contribution in [1.29, 1.82) is 0 Å². The van der Waals surface area contributed by atoms with Crippen LogP contribution >= 0.6 is 0 Å². The van der Waals surface area contributed by atoms with Crippen molar-refractivity contribution in [2.45, 2.75) is 32.8 Å². The molecule has 0 spiro atoms. The van der Waals surface area contributed by atoms with Crippen LogP contribution in [0.15, 0.2) is 0 Å². The van der Waals surface area contributed by atoms with Crippen molar-refractivity contribution < 1.29 is 13.2 Å². The predicted octanol–water partition coefficient (Wildman–Crippen LogP) is 0.330. The maximum Gasteiger partial charge on any atom is 0.211 e. The van der Waals surface area contributed by atoms with Crippen molar-refractivity contribution in [2.75, 3.05) is 32.5 Å². The van der Waals surface area contributed by atoms with Gasteiger partial charge in [0.15, 0.2) is 0 Å². The fourth-order valence-corrected chi connectivity index (χ4v) is 2.34. The van der Waals surface area contributed by atoms with Crippen LogP contribution in [-0.2, 0) is 14.8 Å². The van der Waals surface area contributed by atoms with Crippen molar-refractivity contribution >= 4 is 10.0 Å². The smallest absolute Gasteiger partial charge is 0.211 e.